The van der Waals surface area contributed by atoms with Gasteiger partial charge in [-0.05, 0) is 31.0 Å². The van der Waals surface area contributed by atoms with Gasteiger partial charge in [0, 0.05) is 11.3 Å². The molecule has 118 valence electrons. The first kappa shape index (κ1) is 16.0. The molecule has 1 aliphatic carbocycles. The van der Waals surface area contributed by atoms with Crippen LogP contribution in [-0.2, 0) is 9.59 Å². The van der Waals surface area contributed by atoms with Crippen LogP contribution in [0.4, 0.5) is 5.69 Å². The van der Waals surface area contributed by atoms with Gasteiger partial charge in [-0.25, -0.2) is 0 Å². The summed E-state index contributed by atoms with van der Waals surface area (Å²) in [6.45, 7) is -0.235. The first-order chi connectivity index (χ1) is 10.4. The number of benzene rings is 1. The van der Waals surface area contributed by atoms with Gasteiger partial charge in [-0.2, -0.15) is 0 Å². The molecule has 6 N–H and O–H groups in total. The topological polar surface area (TPSA) is 127 Å². The van der Waals surface area contributed by atoms with Crippen molar-refractivity contribution in [3.8, 4) is 0 Å². The molecule has 1 saturated carbocycles. The molecule has 0 unspecified atom stereocenters. The molecule has 0 spiro atoms. The molecule has 1 aromatic rings. The molecule has 1 aliphatic rings. The summed E-state index contributed by atoms with van der Waals surface area (Å²) in [7, 11) is 0. The van der Waals surface area contributed by atoms with Crippen molar-refractivity contribution < 1.29 is 14.4 Å². The fourth-order valence-corrected chi connectivity index (χ4v) is 2.50. The third kappa shape index (κ3) is 3.82. The van der Waals surface area contributed by atoms with E-state index in [0.29, 0.717) is 24.1 Å². The quantitative estimate of drug-likeness (QED) is 0.615. The van der Waals surface area contributed by atoms with Crippen LogP contribution in [0.5, 0.6) is 0 Å². The Morgan fingerprint density at radius 1 is 1.18 bits per heavy atom. The summed E-state index contributed by atoms with van der Waals surface area (Å²) >= 11 is 0. The van der Waals surface area contributed by atoms with Crippen LogP contribution in [0.2, 0.25) is 0 Å². The minimum atomic E-state index is -0.829. The lowest BCUT2D eigenvalue weighted by molar-refractivity contribution is -0.121. The van der Waals surface area contributed by atoms with Gasteiger partial charge in [-0.1, -0.05) is 18.9 Å². The standard InChI is InChI=1S/C15H20N4O3/c16-12(20)9-18-13(21)10-4-3-5-11(8-10)19-14(22)15(17)6-1-2-7-15/h3-5,8H,1-2,6-7,9,17H2,(H2,16,20)(H,18,21)(H,19,22). The molecule has 0 heterocycles. The summed E-state index contributed by atoms with van der Waals surface area (Å²) in [5.74, 6) is -1.29. The van der Waals surface area contributed by atoms with Crippen molar-refractivity contribution in [1.82, 2.24) is 5.32 Å². The van der Waals surface area contributed by atoms with Crippen LogP contribution in [-0.4, -0.2) is 29.8 Å². The number of hydrogen-bond acceptors (Lipinski definition) is 4. The number of amides is 3. The Labute approximate surface area is 128 Å². The Kier molecular flexibility index (Phi) is 4.77. The van der Waals surface area contributed by atoms with E-state index in [9.17, 15) is 14.4 Å². The maximum absolute atomic E-state index is 12.2. The Hall–Kier alpha value is -2.41. The highest BCUT2D eigenvalue weighted by Gasteiger charge is 2.36. The fourth-order valence-electron chi connectivity index (χ4n) is 2.50. The van der Waals surface area contributed by atoms with Gasteiger partial charge in [-0.15, -0.1) is 0 Å². The van der Waals surface area contributed by atoms with E-state index >= 15 is 0 Å². The molecule has 0 aliphatic heterocycles. The monoisotopic (exact) mass is 304 g/mol. The van der Waals surface area contributed by atoms with Crippen LogP contribution in [0, 0.1) is 0 Å². The molecule has 0 bridgehead atoms. The lowest BCUT2D eigenvalue weighted by atomic mass is 9.98. The molecule has 0 saturated heterocycles. The number of primary amides is 1. The second-order valence-corrected chi connectivity index (χ2v) is 5.55. The van der Waals surface area contributed by atoms with E-state index in [1.54, 1.807) is 18.2 Å². The molecule has 1 aromatic carbocycles. The summed E-state index contributed by atoms with van der Waals surface area (Å²) in [5, 5.41) is 5.14. The molecule has 3 amide bonds. The van der Waals surface area contributed by atoms with Crippen LogP contribution in [0.15, 0.2) is 24.3 Å². The largest absolute Gasteiger partial charge is 0.368 e. The highest BCUT2D eigenvalue weighted by Crippen LogP contribution is 2.28. The van der Waals surface area contributed by atoms with E-state index in [0.717, 1.165) is 12.8 Å². The van der Waals surface area contributed by atoms with Crippen molar-refractivity contribution in [2.75, 3.05) is 11.9 Å². The van der Waals surface area contributed by atoms with Gasteiger partial charge in [0.15, 0.2) is 0 Å². The smallest absolute Gasteiger partial charge is 0.251 e. The average molecular weight is 304 g/mol. The molecule has 1 fully saturated rings. The van der Waals surface area contributed by atoms with E-state index in [1.807, 2.05) is 0 Å². The van der Waals surface area contributed by atoms with Crippen molar-refractivity contribution in [2.45, 2.75) is 31.2 Å². The molecule has 0 aromatic heterocycles. The Morgan fingerprint density at radius 2 is 1.86 bits per heavy atom. The summed E-state index contributed by atoms with van der Waals surface area (Å²) in [6, 6.07) is 6.44. The zero-order valence-corrected chi connectivity index (χ0v) is 12.2. The Balaban J connectivity index is 2.03. The van der Waals surface area contributed by atoms with Gasteiger partial charge in [-0.3, -0.25) is 14.4 Å². The van der Waals surface area contributed by atoms with E-state index < -0.39 is 17.4 Å². The zero-order chi connectivity index (χ0) is 16.2. The molecule has 22 heavy (non-hydrogen) atoms. The zero-order valence-electron chi connectivity index (χ0n) is 12.2. The number of carbonyl (C=O) groups excluding carboxylic acids is 3. The van der Waals surface area contributed by atoms with Crippen LogP contribution >= 0.6 is 0 Å². The molecule has 0 atom stereocenters. The number of anilines is 1. The SMILES string of the molecule is NC(=O)CNC(=O)c1cccc(NC(=O)C2(N)CCCC2)c1. The second-order valence-electron chi connectivity index (χ2n) is 5.55. The lowest BCUT2D eigenvalue weighted by Gasteiger charge is -2.22. The van der Waals surface area contributed by atoms with Gasteiger partial charge in [0.05, 0.1) is 12.1 Å². The molecular weight excluding hydrogens is 284 g/mol. The third-order valence-electron chi connectivity index (χ3n) is 3.75. The molecule has 7 nitrogen and oxygen atoms in total. The number of nitrogens with two attached hydrogens (primary N) is 2. The third-order valence-corrected chi connectivity index (χ3v) is 3.75. The van der Waals surface area contributed by atoms with Crippen molar-refractivity contribution >= 4 is 23.4 Å². The van der Waals surface area contributed by atoms with Gasteiger partial charge >= 0.3 is 0 Å². The number of rotatable bonds is 5. The number of hydrogen-bond donors (Lipinski definition) is 4. The molecular formula is C15H20N4O3. The van der Waals surface area contributed by atoms with Crippen molar-refractivity contribution in [3.05, 3.63) is 29.8 Å². The van der Waals surface area contributed by atoms with Crippen molar-refractivity contribution in [2.24, 2.45) is 11.5 Å². The van der Waals surface area contributed by atoms with Crippen LogP contribution in [0.1, 0.15) is 36.0 Å². The maximum atomic E-state index is 12.2. The highest BCUT2D eigenvalue weighted by molar-refractivity contribution is 6.00. The number of carbonyl (C=O) groups is 3. The van der Waals surface area contributed by atoms with Crippen LogP contribution in [0.3, 0.4) is 0 Å². The van der Waals surface area contributed by atoms with Crippen LogP contribution < -0.4 is 22.1 Å². The minimum absolute atomic E-state index is 0.235. The van der Waals surface area contributed by atoms with Crippen LogP contribution in [0.25, 0.3) is 0 Å². The number of nitrogens with one attached hydrogen (secondary N) is 2. The molecule has 2 rings (SSSR count). The second kappa shape index (κ2) is 6.57. The minimum Gasteiger partial charge on any atom is -0.368 e. The highest BCUT2D eigenvalue weighted by atomic mass is 16.2. The van der Waals surface area contributed by atoms with E-state index in [2.05, 4.69) is 10.6 Å². The van der Waals surface area contributed by atoms with Crippen molar-refractivity contribution in [1.29, 1.82) is 0 Å². The molecule has 0 radical (unpaired) electrons. The van der Waals surface area contributed by atoms with Gasteiger partial charge in [0.25, 0.3) is 5.91 Å². The summed E-state index contributed by atoms with van der Waals surface area (Å²) in [5.41, 5.74) is 11.1. The maximum Gasteiger partial charge on any atom is 0.251 e. The summed E-state index contributed by atoms with van der Waals surface area (Å²) in [4.78, 5) is 34.8. The summed E-state index contributed by atoms with van der Waals surface area (Å²) in [6.07, 6.45) is 3.22. The van der Waals surface area contributed by atoms with E-state index in [4.69, 9.17) is 11.5 Å². The first-order valence-electron chi connectivity index (χ1n) is 7.18. The Bertz CT molecular complexity index is 594. The van der Waals surface area contributed by atoms with Gasteiger partial charge < -0.3 is 22.1 Å². The van der Waals surface area contributed by atoms with E-state index in [-0.39, 0.29) is 12.5 Å². The fraction of sp³-hybridized carbons (Fsp3) is 0.400. The average Bonchev–Trinajstić information content (AvgIpc) is 2.93. The van der Waals surface area contributed by atoms with Gasteiger partial charge in [0.2, 0.25) is 11.8 Å². The predicted molar refractivity (Wildman–Crippen MR) is 82.0 cm³/mol. The summed E-state index contributed by atoms with van der Waals surface area (Å²) < 4.78 is 0. The Morgan fingerprint density at radius 3 is 2.50 bits per heavy atom. The normalized spacial score (nSPS) is 16.0. The van der Waals surface area contributed by atoms with Gasteiger partial charge in [0.1, 0.15) is 0 Å². The van der Waals surface area contributed by atoms with E-state index in [1.165, 1.54) is 6.07 Å². The first-order valence-corrected chi connectivity index (χ1v) is 7.18. The lowest BCUT2D eigenvalue weighted by Crippen LogP contribution is -2.48. The molecule has 7 heteroatoms. The van der Waals surface area contributed by atoms with Crippen molar-refractivity contribution in [3.63, 3.8) is 0 Å². The predicted octanol–water partition coefficient (Wildman–Crippen LogP) is 0.112.